The van der Waals surface area contributed by atoms with Gasteiger partial charge in [-0.1, -0.05) is 0 Å². The topological polar surface area (TPSA) is 35.5 Å². The summed E-state index contributed by atoms with van der Waals surface area (Å²) in [4.78, 5) is 10.9. The SMILES string of the molecule is COc1cc(C)c(C)c(C=O)c1OC. The molecule has 1 aromatic rings. The maximum Gasteiger partial charge on any atom is 0.171 e. The van der Waals surface area contributed by atoms with Crippen molar-refractivity contribution in [1.82, 2.24) is 0 Å². The van der Waals surface area contributed by atoms with Gasteiger partial charge in [-0.3, -0.25) is 4.79 Å². The lowest BCUT2D eigenvalue weighted by Crippen LogP contribution is -1.99. The van der Waals surface area contributed by atoms with Gasteiger partial charge in [-0.05, 0) is 31.0 Å². The summed E-state index contributed by atoms with van der Waals surface area (Å²) in [7, 11) is 3.08. The van der Waals surface area contributed by atoms with Gasteiger partial charge >= 0.3 is 0 Å². The van der Waals surface area contributed by atoms with E-state index in [0.717, 1.165) is 17.4 Å². The molecule has 0 fully saturated rings. The first-order valence-electron chi connectivity index (χ1n) is 4.33. The van der Waals surface area contributed by atoms with Crippen LogP contribution in [-0.2, 0) is 0 Å². The predicted molar refractivity (Wildman–Crippen MR) is 54.4 cm³/mol. The Bertz CT molecular complexity index is 356. The van der Waals surface area contributed by atoms with Crippen LogP contribution in [0, 0.1) is 13.8 Å². The molecule has 0 radical (unpaired) electrons. The van der Waals surface area contributed by atoms with E-state index in [0.29, 0.717) is 17.1 Å². The molecule has 0 amide bonds. The van der Waals surface area contributed by atoms with Crippen molar-refractivity contribution < 1.29 is 14.3 Å². The summed E-state index contributed by atoms with van der Waals surface area (Å²) < 4.78 is 10.3. The Morgan fingerprint density at radius 2 is 1.86 bits per heavy atom. The van der Waals surface area contributed by atoms with Crippen LogP contribution in [0.25, 0.3) is 0 Å². The van der Waals surface area contributed by atoms with Crippen molar-refractivity contribution in [3.05, 3.63) is 22.8 Å². The molecule has 0 saturated carbocycles. The number of benzene rings is 1. The molecule has 3 heteroatoms. The summed E-state index contributed by atoms with van der Waals surface area (Å²) in [5.74, 6) is 1.10. The molecular weight excluding hydrogens is 180 g/mol. The Balaban J connectivity index is 3.49. The first-order valence-corrected chi connectivity index (χ1v) is 4.33. The van der Waals surface area contributed by atoms with Crippen molar-refractivity contribution in [3.8, 4) is 11.5 Å². The van der Waals surface area contributed by atoms with E-state index in [1.54, 1.807) is 7.11 Å². The second kappa shape index (κ2) is 4.13. The predicted octanol–water partition coefficient (Wildman–Crippen LogP) is 2.13. The fraction of sp³-hybridized carbons (Fsp3) is 0.364. The number of carbonyl (C=O) groups is 1. The van der Waals surface area contributed by atoms with Crippen LogP contribution in [-0.4, -0.2) is 20.5 Å². The first kappa shape index (κ1) is 10.6. The lowest BCUT2D eigenvalue weighted by atomic mass is 10.0. The van der Waals surface area contributed by atoms with E-state index >= 15 is 0 Å². The molecule has 1 rings (SSSR count). The zero-order valence-corrected chi connectivity index (χ0v) is 8.88. The van der Waals surface area contributed by atoms with Gasteiger partial charge in [0.2, 0.25) is 0 Å². The van der Waals surface area contributed by atoms with Gasteiger partial charge in [0.05, 0.1) is 19.8 Å². The molecule has 0 atom stereocenters. The van der Waals surface area contributed by atoms with Gasteiger partial charge in [0, 0.05) is 0 Å². The Hall–Kier alpha value is -1.51. The highest BCUT2D eigenvalue weighted by atomic mass is 16.5. The second-order valence-electron chi connectivity index (χ2n) is 3.09. The number of ether oxygens (including phenoxy) is 2. The van der Waals surface area contributed by atoms with Crippen molar-refractivity contribution in [2.75, 3.05) is 14.2 Å². The fourth-order valence-corrected chi connectivity index (χ4v) is 1.39. The Labute approximate surface area is 83.6 Å². The molecule has 0 bridgehead atoms. The lowest BCUT2D eigenvalue weighted by molar-refractivity contribution is 0.111. The van der Waals surface area contributed by atoms with Crippen molar-refractivity contribution in [3.63, 3.8) is 0 Å². The van der Waals surface area contributed by atoms with E-state index in [1.807, 2.05) is 19.9 Å². The summed E-state index contributed by atoms with van der Waals surface area (Å²) >= 11 is 0. The highest BCUT2D eigenvalue weighted by molar-refractivity contribution is 5.84. The minimum atomic E-state index is 0.505. The summed E-state index contributed by atoms with van der Waals surface area (Å²) in [5, 5.41) is 0. The zero-order valence-electron chi connectivity index (χ0n) is 8.88. The van der Waals surface area contributed by atoms with Crippen LogP contribution in [0.15, 0.2) is 6.07 Å². The molecule has 76 valence electrons. The lowest BCUT2D eigenvalue weighted by Gasteiger charge is -2.13. The van der Waals surface area contributed by atoms with Crippen LogP contribution in [0.4, 0.5) is 0 Å². The first-order chi connectivity index (χ1) is 6.65. The molecule has 0 unspecified atom stereocenters. The van der Waals surface area contributed by atoms with Crippen LogP contribution in [0.2, 0.25) is 0 Å². The van der Waals surface area contributed by atoms with Crippen LogP contribution in [0.3, 0.4) is 0 Å². The molecule has 0 aliphatic heterocycles. The van der Waals surface area contributed by atoms with E-state index in [4.69, 9.17) is 9.47 Å². The Morgan fingerprint density at radius 1 is 1.21 bits per heavy atom. The molecule has 0 N–H and O–H groups in total. The highest BCUT2D eigenvalue weighted by Crippen LogP contribution is 2.34. The van der Waals surface area contributed by atoms with Gasteiger partial charge < -0.3 is 9.47 Å². The Morgan fingerprint density at radius 3 is 2.29 bits per heavy atom. The standard InChI is InChI=1S/C11H14O3/c1-7-5-10(13-3)11(14-4)9(6-12)8(7)2/h5-6H,1-4H3. The average molecular weight is 194 g/mol. The minimum absolute atomic E-state index is 0.505. The Kier molecular flexibility index (Phi) is 3.12. The van der Waals surface area contributed by atoms with Gasteiger partial charge in [0.15, 0.2) is 17.8 Å². The number of rotatable bonds is 3. The molecule has 0 spiro atoms. The van der Waals surface area contributed by atoms with Crippen molar-refractivity contribution in [2.24, 2.45) is 0 Å². The second-order valence-corrected chi connectivity index (χ2v) is 3.09. The van der Waals surface area contributed by atoms with Crippen LogP contribution in [0.5, 0.6) is 11.5 Å². The smallest absolute Gasteiger partial charge is 0.171 e. The largest absolute Gasteiger partial charge is 0.493 e. The molecule has 0 aliphatic rings. The van der Waals surface area contributed by atoms with Crippen molar-refractivity contribution in [2.45, 2.75) is 13.8 Å². The number of carbonyl (C=O) groups excluding carboxylic acids is 1. The molecule has 3 nitrogen and oxygen atoms in total. The quantitative estimate of drug-likeness (QED) is 0.691. The third kappa shape index (κ3) is 1.58. The molecule has 0 aliphatic carbocycles. The molecule has 0 heterocycles. The van der Waals surface area contributed by atoms with Gasteiger partial charge in [0.1, 0.15) is 0 Å². The van der Waals surface area contributed by atoms with E-state index in [-0.39, 0.29) is 0 Å². The highest BCUT2D eigenvalue weighted by Gasteiger charge is 2.14. The van der Waals surface area contributed by atoms with Crippen molar-refractivity contribution >= 4 is 6.29 Å². The molecule has 0 saturated heterocycles. The fourth-order valence-electron chi connectivity index (χ4n) is 1.39. The summed E-state index contributed by atoms with van der Waals surface area (Å²) in [6.45, 7) is 3.82. The monoisotopic (exact) mass is 194 g/mol. The van der Waals surface area contributed by atoms with Gasteiger partial charge in [-0.25, -0.2) is 0 Å². The van der Waals surface area contributed by atoms with Crippen LogP contribution >= 0.6 is 0 Å². The zero-order chi connectivity index (χ0) is 10.7. The minimum Gasteiger partial charge on any atom is -0.493 e. The summed E-state index contributed by atoms with van der Waals surface area (Å²) in [6.07, 6.45) is 0.795. The van der Waals surface area contributed by atoms with Crippen LogP contribution < -0.4 is 9.47 Å². The van der Waals surface area contributed by atoms with Crippen LogP contribution in [0.1, 0.15) is 21.5 Å². The van der Waals surface area contributed by atoms with Gasteiger partial charge in [-0.15, -0.1) is 0 Å². The summed E-state index contributed by atoms with van der Waals surface area (Å²) in [6, 6.07) is 1.86. The molecule has 0 aromatic heterocycles. The summed E-state index contributed by atoms with van der Waals surface area (Å²) in [5.41, 5.74) is 2.51. The van der Waals surface area contributed by atoms with E-state index < -0.39 is 0 Å². The van der Waals surface area contributed by atoms with Gasteiger partial charge in [-0.2, -0.15) is 0 Å². The molecule has 1 aromatic carbocycles. The number of aldehydes is 1. The number of methoxy groups -OCH3 is 2. The normalized spacial score (nSPS) is 9.71. The number of aryl methyl sites for hydroxylation is 1. The molecular formula is C11H14O3. The average Bonchev–Trinajstić information content (AvgIpc) is 2.20. The third-order valence-electron chi connectivity index (χ3n) is 2.35. The third-order valence-corrected chi connectivity index (χ3v) is 2.35. The van der Waals surface area contributed by atoms with Crippen molar-refractivity contribution in [1.29, 1.82) is 0 Å². The number of hydrogen-bond acceptors (Lipinski definition) is 3. The van der Waals surface area contributed by atoms with E-state index in [1.165, 1.54) is 7.11 Å². The van der Waals surface area contributed by atoms with E-state index in [2.05, 4.69) is 0 Å². The van der Waals surface area contributed by atoms with E-state index in [9.17, 15) is 4.79 Å². The van der Waals surface area contributed by atoms with Gasteiger partial charge in [0.25, 0.3) is 0 Å². The maximum absolute atomic E-state index is 10.9. The maximum atomic E-state index is 10.9. The number of hydrogen-bond donors (Lipinski definition) is 0. The molecule has 14 heavy (non-hydrogen) atoms.